The molecular weight excluding hydrogens is 330 g/mol. The highest BCUT2D eigenvalue weighted by Gasteiger charge is 2.38. The maximum Gasteiger partial charge on any atom is 0.219 e. The van der Waals surface area contributed by atoms with Crippen LogP contribution in [0.3, 0.4) is 0 Å². The van der Waals surface area contributed by atoms with Crippen molar-refractivity contribution in [2.75, 3.05) is 12.3 Å². The molecule has 3 aromatic rings. The molecule has 8 heteroatoms. The van der Waals surface area contributed by atoms with Crippen molar-refractivity contribution in [1.29, 1.82) is 0 Å². The summed E-state index contributed by atoms with van der Waals surface area (Å²) >= 11 is 0. The van der Waals surface area contributed by atoms with Crippen molar-refractivity contribution in [3.05, 3.63) is 23.9 Å². The molecule has 5 rings (SSSR count). The Kier molecular flexibility index (Phi) is 3.13. The lowest BCUT2D eigenvalue weighted by Gasteiger charge is -2.34. The molecule has 0 saturated heterocycles. The molecule has 0 amide bonds. The maximum absolute atomic E-state index is 6.01. The van der Waals surface area contributed by atoms with Crippen LogP contribution in [0.5, 0.6) is 0 Å². The number of rotatable bonds is 2. The average molecular weight is 351 g/mol. The largest absolute Gasteiger partial charge is 0.368 e. The molecule has 4 heterocycles. The van der Waals surface area contributed by atoms with Crippen molar-refractivity contribution in [1.82, 2.24) is 29.5 Å². The van der Waals surface area contributed by atoms with Gasteiger partial charge in [-0.15, -0.1) is 0 Å². The number of nitrogen functional groups attached to an aromatic ring is 1. The highest BCUT2D eigenvalue weighted by Crippen LogP contribution is 2.44. The third kappa shape index (κ3) is 2.28. The van der Waals surface area contributed by atoms with E-state index in [4.69, 9.17) is 25.4 Å². The molecule has 0 aromatic carbocycles. The van der Waals surface area contributed by atoms with Crippen LogP contribution in [0.4, 0.5) is 5.95 Å². The van der Waals surface area contributed by atoms with Gasteiger partial charge in [-0.05, 0) is 33.6 Å². The van der Waals surface area contributed by atoms with Gasteiger partial charge in [-0.3, -0.25) is 0 Å². The van der Waals surface area contributed by atoms with Crippen molar-refractivity contribution >= 4 is 17.1 Å². The smallest absolute Gasteiger partial charge is 0.219 e. The van der Waals surface area contributed by atoms with E-state index in [2.05, 4.69) is 35.3 Å². The van der Waals surface area contributed by atoms with Crippen LogP contribution < -0.4 is 5.73 Å². The second-order valence-electron chi connectivity index (χ2n) is 7.68. The Hall–Kier alpha value is -2.61. The number of fused-ring (bicyclic) bond motifs is 3. The lowest BCUT2D eigenvalue weighted by molar-refractivity contribution is -0.0655. The van der Waals surface area contributed by atoms with Gasteiger partial charge in [0.05, 0.1) is 23.9 Å². The molecule has 0 radical (unpaired) electrons. The number of nitrogens with two attached hydrogens (primary N) is 1. The topological polar surface area (TPSA) is 105 Å². The van der Waals surface area contributed by atoms with Gasteiger partial charge in [0, 0.05) is 18.3 Å². The van der Waals surface area contributed by atoms with Gasteiger partial charge in [0.2, 0.25) is 5.95 Å². The van der Waals surface area contributed by atoms with Crippen LogP contribution in [0.2, 0.25) is 0 Å². The van der Waals surface area contributed by atoms with Gasteiger partial charge in [-0.25, -0.2) is 24.9 Å². The quantitative estimate of drug-likeness (QED) is 0.756. The van der Waals surface area contributed by atoms with Crippen molar-refractivity contribution in [2.45, 2.75) is 51.2 Å². The molecule has 3 aromatic heterocycles. The van der Waals surface area contributed by atoms with E-state index in [0.29, 0.717) is 18.3 Å². The molecule has 2 aliphatic rings. The van der Waals surface area contributed by atoms with E-state index < -0.39 is 5.60 Å². The van der Waals surface area contributed by atoms with E-state index in [1.807, 2.05) is 0 Å². The molecule has 1 unspecified atom stereocenters. The Morgan fingerprint density at radius 2 is 1.88 bits per heavy atom. The second-order valence-corrected chi connectivity index (χ2v) is 7.68. The van der Waals surface area contributed by atoms with E-state index >= 15 is 0 Å². The SMILES string of the molecule is CC1COC(C)(C)c2nc3c(C4CC4)nc(-c4cnc(N)nc4)nc3n21. The predicted molar refractivity (Wildman–Crippen MR) is 96.4 cm³/mol. The molecular formula is C18H21N7O. The number of nitrogens with zero attached hydrogens (tertiary/aromatic N) is 6. The Morgan fingerprint density at radius 3 is 2.58 bits per heavy atom. The van der Waals surface area contributed by atoms with Crippen LogP contribution in [0, 0.1) is 0 Å². The minimum Gasteiger partial charge on any atom is -0.368 e. The normalized spacial score (nSPS) is 21.7. The van der Waals surface area contributed by atoms with Crippen molar-refractivity contribution in [2.24, 2.45) is 0 Å². The first-order valence-electron chi connectivity index (χ1n) is 8.96. The molecule has 1 aliphatic carbocycles. The van der Waals surface area contributed by atoms with Crippen molar-refractivity contribution in [3.8, 4) is 11.4 Å². The molecule has 8 nitrogen and oxygen atoms in total. The zero-order chi connectivity index (χ0) is 18.1. The summed E-state index contributed by atoms with van der Waals surface area (Å²) in [5.74, 6) is 2.23. The van der Waals surface area contributed by atoms with Gasteiger partial charge in [-0.2, -0.15) is 0 Å². The summed E-state index contributed by atoms with van der Waals surface area (Å²) in [5, 5.41) is 0. The van der Waals surface area contributed by atoms with Gasteiger partial charge in [0.15, 0.2) is 11.5 Å². The molecule has 1 saturated carbocycles. The Labute approximate surface area is 150 Å². The third-order valence-electron chi connectivity index (χ3n) is 5.13. The Morgan fingerprint density at radius 1 is 1.15 bits per heavy atom. The number of aromatic nitrogens is 6. The van der Waals surface area contributed by atoms with E-state index in [0.717, 1.165) is 41.1 Å². The zero-order valence-electron chi connectivity index (χ0n) is 15.1. The molecule has 1 aliphatic heterocycles. The highest BCUT2D eigenvalue weighted by molar-refractivity contribution is 5.78. The van der Waals surface area contributed by atoms with E-state index in [9.17, 15) is 0 Å². The first kappa shape index (κ1) is 15.6. The van der Waals surface area contributed by atoms with Crippen LogP contribution in [0.15, 0.2) is 12.4 Å². The average Bonchev–Trinajstić information content (AvgIpc) is 3.38. The van der Waals surface area contributed by atoms with Crippen LogP contribution in [-0.2, 0) is 10.3 Å². The lowest BCUT2D eigenvalue weighted by Crippen LogP contribution is -2.35. The van der Waals surface area contributed by atoms with E-state index in [1.54, 1.807) is 12.4 Å². The summed E-state index contributed by atoms with van der Waals surface area (Å²) in [7, 11) is 0. The molecule has 1 atom stereocenters. The Bertz CT molecular complexity index is 1000. The van der Waals surface area contributed by atoms with Gasteiger partial charge in [0.1, 0.15) is 16.9 Å². The van der Waals surface area contributed by atoms with E-state index in [-0.39, 0.29) is 12.0 Å². The summed E-state index contributed by atoms with van der Waals surface area (Å²) in [6.45, 7) is 6.87. The summed E-state index contributed by atoms with van der Waals surface area (Å²) in [6, 6.07) is 0.167. The van der Waals surface area contributed by atoms with Crippen LogP contribution >= 0.6 is 0 Å². The summed E-state index contributed by atoms with van der Waals surface area (Å²) in [4.78, 5) is 22.8. The first-order valence-corrected chi connectivity index (χ1v) is 8.96. The molecule has 26 heavy (non-hydrogen) atoms. The standard InChI is InChI=1S/C18H21N7O/c1-9-8-26-18(2,3)16-23-13-12(10-4-5-10)22-14(24-15(13)25(9)16)11-6-20-17(19)21-7-11/h6-7,9-10H,4-5,8H2,1-3H3,(H2,19,20,21). The predicted octanol–water partition coefficient (Wildman–Crippen LogP) is 2.57. The monoisotopic (exact) mass is 351 g/mol. The molecule has 2 N–H and O–H groups in total. The van der Waals surface area contributed by atoms with Crippen LogP contribution in [-0.4, -0.2) is 36.1 Å². The number of anilines is 1. The van der Waals surface area contributed by atoms with Crippen LogP contribution in [0.25, 0.3) is 22.6 Å². The zero-order valence-corrected chi connectivity index (χ0v) is 15.1. The van der Waals surface area contributed by atoms with Gasteiger partial charge < -0.3 is 15.0 Å². The van der Waals surface area contributed by atoms with Crippen molar-refractivity contribution in [3.63, 3.8) is 0 Å². The highest BCUT2D eigenvalue weighted by atomic mass is 16.5. The van der Waals surface area contributed by atoms with Crippen LogP contribution in [0.1, 0.15) is 57.1 Å². The van der Waals surface area contributed by atoms with Gasteiger partial charge in [0.25, 0.3) is 0 Å². The number of ether oxygens (including phenoxy) is 1. The van der Waals surface area contributed by atoms with Gasteiger partial charge in [-0.1, -0.05) is 0 Å². The number of imidazole rings is 1. The number of hydrogen-bond donors (Lipinski definition) is 1. The fourth-order valence-corrected chi connectivity index (χ4v) is 3.53. The number of hydrogen-bond acceptors (Lipinski definition) is 7. The molecule has 134 valence electrons. The molecule has 0 bridgehead atoms. The first-order chi connectivity index (χ1) is 12.4. The maximum atomic E-state index is 6.01. The van der Waals surface area contributed by atoms with Gasteiger partial charge >= 0.3 is 0 Å². The second kappa shape index (κ2) is 5.20. The minimum atomic E-state index is -0.446. The minimum absolute atomic E-state index is 0.167. The summed E-state index contributed by atoms with van der Waals surface area (Å²) < 4.78 is 8.21. The Balaban J connectivity index is 1.79. The van der Waals surface area contributed by atoms with E-state index in [1.165, 1.54) is 0 Å². The lowest BCUT2D eigenvalue weighted by atomic mass is 10.1. The fourth-order valence-electron chi connectivity index (χ4n) is 3.53. The fraction of sp³-hybridized carbons (Fsp3) is 0.500. The molecule has 1 fully saturated rings. The summed E-state index contributed by atoms with van der Waals surface area (Å²) in [6.07, 6.45) is 5.62. The summed E-state index contributed by atoms with van der Waals surface area (Å²) in [5.41, 5.74) is 8.72. The molecule has 0 spiro atoms. The third-order valence-corrected chi connectivity index (χ3v) is 5.13. The van der Waals surface area contributed by atoms with Crippen molar-refractivity contribution < 1.29 is 4.74 Å².